The Morgan fingerprint density at radius 1 is 1.22 bits per heavy atom. The first-order chi connectivity index (χ1) is 12.4. The third-order valence-electron chi connectivity index (χ3n) is 4.11. The molecule has 0 saturated carbocycles. The normalized spacial score (nSPS) is 14.1. The van der Waals surface area contributed by atoms with Gasteiger partial charge in [0.05, 0.1) is 9.72 Å². The van der Waals surface area contributed by atoms with Gasteiger partial charge in [0.25, 0.3) is 0 Å². The molecule has 3 amide bonds. The number of hydrogen-bond donors (Lipinski definition) is 0. The Bertz CT molecular complexity index is 855. The Kier molecular flexibility index (Phi) is 7.16. The van der Waals surface area contributed by atoms with Crippen molar-refractivity contribution in [3.63, 3.8) is 0 Å². The number of nitrogens with zero attached hydrogens (tertiary/aromatic N) is 4. The maximum Gasteiger partial charge on any atom is 0.248 e. The van der Waals surface area contributed by atoms with E-state index in [0.29, 0.717) is 28.8 Å². The number of benzene rings is 1. The van der Waals surface area contributed by atoms with Gasteiger partial charge >= 0.3 is 0 Å². The van der Waals surface area contributed by atoms with Crippen LogP contribution in [0.2, 0.25) is 5.02 Å². The highest BCUT2D eigenvalue weighted by atomic mass is 35.5. The van der Waals surface area contributed by atoms with E-state index < -0.39 is 0 Å². The van der Waals surface area contributed by atoms with Crippen LogP contribution in [0.25, 0.3) is 10.2 Å². The van der Waals surface area contributed by atoms with Gasteiger partial charge in [0.1, 0.15) is 12.1 Å². The summed E-state index contributed by atoms with van der Waals surface area (Å²) in [7, 11) is 3.82. The smallest absolute Gasteiger partial charge is 0.248 e. The van der Waals surface area contributed by atoms with Crippen LogP contribution in [0.4, 0.5) is 5.13 Å². The molecule has 0 aliphatic carbocycles. The van der Waals surface area contributed by atoms with Crippen LogP contribution in [0.1, 0.15) is 12.8 Å². The molecule has 1 aliphatic heterocycles. The highest BCUT2D eigenvalue weighted by Gasteiger charge is 2.32. The summed E-state index contributed by atoms with van der Waals surface area (Å²) in [4.78, 5) is 45.5. The summed E-state index contributed by atoms with van der Waals surface area (Å²) in [5.74, 6) is -0.933. The van der Waals surface area contributed by atoms with Crippen molar-refractivity contribution in [2.75, 3.05) is 38.6 Å². The lowest BCUT2D eigenvalue weighted by atomic mass is 10.3. The molecule has 0 bridgehead atoms. The molecule has 1 aromatic heterocycles. The van der Waals surface area contributed by atoms with Crippen LogP contribution in [0.5, 0.6) is 0 Å². The summed E-state index contributed by atoms with van der Waals surface area (Å²) in [5, 5.41) is 1.04. The van der Waals surface area contributed by atoms with Crippen molar-refractivity contribution in [1.29, 1.82) is 0 Å². The number of aromatic nitrogens is 1. The average Bonchev–Trinajstić information content (AvgIpc) is 3.14. The van der Waals surface area contributed by atoms with E-state index in [1.165, 1.54) is 16.2 Å². The highest BCUT2D eigenvalue weighted by molar-refractivity contribution is 7.22. The van der Waals surface area contributed by atoms with Gasteiger partial charge in [0.15, 0.2) is 5.13 Å². The van der Waals surface area contributed by atoms with E-state index in [0.717, 1.165) is 9.60 Å². The average molecular weight is 431 g/mol. The molecule has 1 saturated heterocycles. The molecule has 1 fully saturated rings. The van der Waals surface area contributed by atoms with E-state index in [1.807, 2.05) is 31.1 Å². The number of carbonyl (C=O) groups excluding carboxylic acids is 3. The molecule has 0 atom stereocenters. The van der Waals surface area contributed by atoms with E-state index >= 15 is 0 Å². The minimum absolute atomic E-state index is 0. The molecule has 1 aromatic carbocycles. The van der Waals surface area contributed by atoms with E-state index in [-0.39, 0.29) is 49.5 Å². The zero-order valence-corrected chi connectivity index (χ0v) is 17.4. The Morgan fingerprint density at radius 3 is 2.48 bits per heavy atom. The van der Waals surface area contributed by atoms with Gasteiger partial charge in [-0.25, -0.2) is 4.98 Å². The minimum Gasteiger partial charge on any atom is -0.308 e. The molecule has 0 spiro atoms. The van der Waals surface area contributed by atoms with Crippen LogP contribution in [-0.4, -0.2) is 66.2 Å². The van der Waals surface area contributed by atoms with Crippen LogP contribution in [0.3, 0.4) is 0 Å². The number of halogens is 2. The van der Waals surface area contributed by atoms with Gasteiger partial charge in [-0.2, -0.15) is 0 Å². The van der Waals surface area contributed by atoms with E-state index in [1.54, 1.807) is 6.07 Å². The van der Waals surface area contributed by atoms with Gasteiger partial charge < -0.3 is 4.90 Å². The molecule has 3 rings (SSSR count). The Balaban J connectivity index is 0.00000261. The number of para-hydroxylation sites is 1. The molecular formula is C17H20Cl2N4O3S. The zero-order chi connectivity index (χ0) is 18.8. The summed E-state index contributed by atoms with van der Waals surface area (Å²) in [5.41, 5.74) is 0.644. The lowest BCUT2D eigenvalue weighted by molar-refractivity contribution is -0.141. The van der Waals surface area contributed by atoms with Crippen LogP contribution in [-0.2, 0) is 14.4 Å². The summed E-state index contributed by atoms with van der Waals surface area (Å²) >= 11 is 7.55. The Labute approximate surface area is 172 Å². The fourth-order valence-corrected chi connectivity index (χ4v) is 3.97. The molecule has 27 heavy (non-hydrogen) atoms. The van der Waals surface area contributed by atoms with Crippen molar-refractivity contribution >= 4 is 68.4 Å². The van der Waals surface area contributed by atoms with Gasteiger partial charge in [0, 0.05) is 25.9 Å². The summed E-state index contributed by atoms with van der Waals surface area (Å²) in [6.45, 7) is 0.769. The zero-order valence-electron chi connectivity index (χ0n) is 15.0. The maximum absolute atomic E-state index is 12.9. The summed E-state index contributed by atoms with van der Waals surface area (Å²) in [6, 6.07) is 5.48. The molecule has 2 aromatic rings. The topological polar surface area (TPSA) is 73.8 Å². The first-order valence-corrected chi connectivity index (χ1v) is 9.39. The predicted molar refractivity (Wildman–Crippen MR) is 109 cm³/mol. The van der Waals surface area contributed by atoms with Gasteiger partial charge in [-0.3, -0.25) is 24.2 Å². The van der Waals surface area contributed by atoms with Crippen LogP contribution in [0.15, 0.2) is 18.2 Å². The lowest BCUT2D eigenvalue weighted by Crippen LogP contribution is -2.44. The van der Waals surface area contributed by atoms with E-state index in [9.17, 15) is 14.4 Å². The van der Waals surface area contributed by atoms with Gasteiger partial charge in [-0.05, 0) is 26.2 Å². The SMILES string of the molecule is CN(C)CCN(C(=O)CN1C(=O)CCC1=O)c1nc2c(Cl)cccc2s1.Cl. The second-order valence-electron chi connectivity index (χ2n) is 6.31. The van der Waals surface area contributed by atoms with Gasteiger partial charge in [0.2, 0.25) is 17.7 Å². The molecular weight excluding hydrogens is 411 g/mol. The number of imide groups is 1. The molecule has 2 heterocycles. The second-order valence-corrected chi connectivity index (χ2v) is 7.72. The molecule has 7 nitrogen and oxygen atoms in total. The summed E-state index contributed by atoms with van der Waals surface area (Å²) < 4.78 is 0.878. The van der Waals surface area contributed by atoms with Crippen molar-refractivity contribution in [3.8, 4) is 0 Å². The largest absolute Gasteiger partial charge is 0.308 e. The van der Waals surface area contributed by atoms with Crippen LogP contribution >= 0.6 is 35.3 Å². The van der Waals surface area contributed by atoms with E-state index in [4.69, 9.17) is 11.6 Å². The third kappa shape index (κ3) is 4.76. The maximum atomic E-state index is 12.9. The number of likely N-dealkylation sites (N-methyl/N-ethyl adjacent to an activating group) is 1. The molecule has 1 aliphatic rings. The Hall–Kier alpha value is -1.74. The van der Waals surface area contributed by atoms with Crippen molar-refractivity contribution < 1.29 is 14.4 Å². The Morgan fingerprint density at radius 2 is 1.89 bits per heavy atom. The monoisotopic (exact) mass is 430 g/mol. The van der Waals surface area contributed by atoms with E-state index in [2.05, 4.69) is 4.98 Å². The fourth-order valence-electron chi connectivity index (χ4n) is 2.67. The molecule has 146 valence electrons. The number of amides is 3. The molecule has 10 heteroatoms. The first-order valence-electron chi connectivity index (χ1n) is 8.20. The second kappa shape index (κ2) is 8.97. The van der Waals surface area contributed by atoms with Crippen molar-refractivity contribution in [2.24, 2.45) is 0 Å². The predicted octanol–water partition coefficient (Wildman–Crippen LogP) is 2.42. The van der Waals surface area contributed by atoms with Crippen molar-refractivity contribution in [2.45, 2.75) is 12.8 Å². The van der Waals surface area contributed by atoms with Crippen LogP contribution in [0, 0.1) is 0 Å². The standard InChI is InChI=1S/C17H19ClN4O3S.ClH/c1-20(2)8-9-21(15(25)10-22-13(23)6-7-14(22)24)17-19-16-11(18)4-3-5-12(16)26-17;/h3-5H,6-10H2,1-2H3;1H. The number of thiazole rings is 1. The quantitative estimate of drug-likeness (QED) is 0.657. The number of hydrogen-bond acceptors (Lipinski definition) is 6. The number of carbonyl (C=O) groups is 3. The number of likely N-dealkylation sites (tertiary alicyclic amines) is 1. The van der Waals surface area contributed by atoms with Gasteiger partial charge in [-0.1, -0.05) is 29.0 Å². The first kappa shape index (κ1) is 21.6. The number of fused-ring (bicyclic) bond motifs is 1. The summed E-state index contributed by atoms with van der Waals surface area (Å²) in [6.07, 6.45) is 0.334. The molecule has 0 N–H and O–H groups in total. The van der Waals surface area contributed by atoms with Crippen LogP contribution < -0.4 is 4.90 Å². The lowest BCUT2D eigenvalue weighted by Gasteiger charge is -2.24. The third-order valence-corrected chi connectivity index (χ3v) is 5.46. The highest BCUT2D eigenvalue weighted by Crippen LogP contribution is 2.33. The van der Waals surface area contributed by atoms with Gasteiger partial charge in [-0.15, -0.1) is 12.4 Å². The fraction of sp³-hybridized carbons (Fsp3) is 0.412. The van der Waals surface area contributed by atoms with Crippen molar-refractivity contribution in [1.82, 2.24) is 14.8 Å². The molecule has 0 unspecified atom stereocenters. The molecule has 0 radical (unpaired) electrons. The number of anilines is 1. The number of rotatable bonds is 6. The minimum atomic E-state index is -0.328. The van der Waals surface area contributed by atoms with Crippen molar-refractivity contribution in [3.05, 3.63) is 23.2 Å².